The van der Waals surface area contributed by atoms with Crippen molar-refractivity contribution in [2.75, 3.05) is 5.75 Å². The summed E-state index contributed by atoms with van der Waals surface area (Å²) in [5, 5.41) is 9.97. The summed E-state index contributed by atoms with van der Waals surface area (Å²) in [6.07, 6.45) is 2.90. The van der Waals surface area contributed by atoms with E-state index in [9.17, 15) is 4.79 Å². The molecule has 0 fully saturated rings. The predicted molar refractivity (Wildman–Crippen MR) is 39.5 cm³/mol. The van der Waals surface area contributed by atoms with Crippen molar-refractivity contribution >= 4 is 17.7 Å². The molecule has 0 aliphatic carbocycles. The Morgan fingerprint density at radius 3 is 2.89 bits per heavy atom. The molecule has 0 saturated heterocycles. The third-order valence-electron chi connectivity index (χ3n) is 0.635. The molecule has 0 aliphatic heterocycles. The highest BCUT2D eigenvalue weighted by Gasteiger charge is 1.90. The zero-order valence-corrected chi connectivity index (χ0v) is 6.15. The molecule has 0 saturated carbocycles. The van der Waals surface area contributed by atoms with Gasteiger partial charge in [-0.05, 0) is 11.8 Å². The molecule has 2 nitrogen and oxygen atoms in total. The molecule has 0 bridgehead atoms. The summed E-state index contributed by atoms with van der Waals surface area (Å²) < 4.78 is 0. The van der Waals surface area contributed by atoms with Gasteiger partial charge in [-0.15, -0.1) is 11.8 Å². The fraction of sp³-hybridized carbons (Fsp3) is 0.500. The van der Waals surface area contributed by atoms with E-state index in [1.807, 2.05) is 18.4 Å². The van der Waals surface area contributed by atoms with E-state index in [4.69, 9.17) is 5.11 Å². The third kappa shape index (κ3) is 7.56. The average Bonchev–Trinajstić information content (AvgIpc) is 1.80. The largest absolute Gasteiger partial charge is 0.481 e. The molecular weight excluding hydrogens is 136 g/mol. The van der Waals surface area contributed by atoms with Crippen LogP contribution in [0.3, 0.4) is 0 Å². The van der Waals surface area contributed by atoms with E-state index in [-0.39, 0.29) is 5.75 Å². The van der Waals surface area contributed by atoms with Crippen LogP contribution in [0.15, 0.2) is 11.5 Å². The van der Waals surface area contributed by atoms with E-state index < -0.39 is 5.97 Å². The van der Waals surface area contributed by atoms with Gasteiger partial charge in [-0.1, -0.05) is 13.0 Å². The number of carboxylic acid groups (broad SMARTS) is 1. The second-order valence-electron chi connectivity index (χ2n) is 1.48. The standard InChI is InChI=1S/C6H10O2S/c1-2-3-4-9-5-6(7)8/h3-4H,2,5H2,1H3,(H,7,8)/b4-3+. The van der Waals surface area contributed by atoms with Crippen molar-refractivity contribution in [3.63, 3.8) is 0 Å². The fourth-order valence-electron chi connectivity index (χ4n) is 0.284. The minimum absolute atomic E-state index is 0.163. The van der Waals surface area contributed by atoms with Gasteiger partial charge in [0.1, 0.15) is 0 Å². The summed E-state index contributed by atoms with van der Waals surface area (Å²) >= 11 is 1.31. The maximum Gasteiger partial charge on any atom is 0.313 e. The van der Waals surface area contributed by atoms with Gasteiger partial charge in [0.05, 0.1) is 5.75 Å². The van der Waals surface area contributed by atoms with Gasteiger partial charge in [0, 0.05) is 0 Å². The SMILES string of the molecule is CC/C=C/SCC(=O)O. The van der Waals surface area contributed by atoms with E-state index in [1.165, 1.54) is 11.8 Å². The van der Waals surface area contributed by atoms with Crippen molar-refractivity contribution in [2.24, 2.45) is 0 Å². The van der Waals surface area contributed by atoms with Crippen LogP contribution < -0.4 is 0 Å². The number of rotatable bonds is 4. The quantitative estimate of drug-likeness (QED) is 0.656. The van der Waals surface area contributed by atoms with Gasteiger partial charge in [0.15, 0.2) is 0 Å². The minimum Gasteiger partial charge on any atom is -0.481 e. The molecule has 0 heterocycles. The Hall–Kier alpha value is -0.440. The lowest BCUT2D eigenvalue weighted by atomic mass is 10.5. The molecule has 0 rings (SSSR count). The number of carboxylic acids is 1. The van der Waals surface area contributed by atoms with Crippen LogP contribution in [0.1, 0.15) is 13.3 Å². The van der Waals surface area contributed by atoms with Crippen molar-refractivity contribution in [3.8, 4) is 0 Å². The molecule has 0 atom stereocenters. The van der Waals surface area contributed by atoms with Crippen molar-refractivity contribution in [1.29, 1.82) is 0 Å². The Morgan fingerprint density at radius 1 is 1.78 bits per heavy atom. The molecule has 0 spiro atoms. The Morgan fingerprint density at radius 2 is 2.44 bits per heavy atom. The second kappa shape index (κ2) is 5.69. The first kappa shape index (κ1) is 8.56. The molecule has 3 heteroatoms. The molecule has 0 unspecified atom stereocenters. The summed E-state index contributed by atoms with van der Waals surface area (Å²) in [4.78, 5) is 9.91. The minimum atomic E-state index is -0.763. The van der Waals surface area contributed by atoms with Crippen LogP contribution in [0, 0.1) is 0 Å². The number of carbonyl (C=O) groups is 1. The molecule has 1 N–H and O–H groups in total. The van der Waals surface area contributed by atoms with Gasteiger partial charge in [-0.25, -0.2) is 0 Å². The lowest BCUT2D eigenvalue weighted by molar-refractivity contribution is -0.133. The number of aliphatic carboxylic acids is 1. The smallest absolute Gasteiger partial charge is 0.313 e. The van der Waals surface area contributed by atoms with Gasteiger partial charge in [-0.3, -0.25) is 4.79 Å². The third-order valence-corrected chi connectivity index (χ3v) is 1.43. The molecule has 9 heavy (non-hydrogen) atoms. The predicted octanol–water partition coefficient (Wildman–Crippen LogP) is 1.73. The number of allylic oxidation sites excluding steroid dienone is 1. The van der Waals surface area contributed by atoms with Crippen LogP contribution >= 0.6 is 11.8 Å². The zero-order valence-electron chi connectivity index (χ0n) is 5.33. The van der Waals surface area contributed by atoms with Crippen molar-refractivity contribution < 1.29 is 9.90 Å². The van der Waals surface area contributed by atoms with Gasteiger partial charge in [0.2, 0.25) is 0 Å². The first-order chi connectivity index (χ1) is 4.27. The molecule has 52 valence electrons. The number of hydrogen-bond acceptors (Lipinski definition) is 2. The van der Waals surface area contributed by atoms with E-state index in [1.54, 1.807) is 0 Å². The van der Waals surface area contributed by atoms with E-state index in [0.717, 1.165) is 6.42 Å². The number of hydrogen-bond donors (Lipinski definition) is 1. The molecule has 0 amide bonds. The Bertz CT molecular complexity index is 110. The van der Waals surface area contributed by atoms with E-state index >= 15 is 0 Å². The highest BCUT2D eigenvalue weighted by Crippen LogP contribution is 2.00. The summed E-state index contributed by atoms with van der Waals surface area (Å²) in [6.45, 7) is 2.01. The fourth-order valence-corrected chi connectivity index (χ4v) is 0.851. The first-order valence-electron chi connectivity index (χ1n) is 2.75. The molecular formula is C6H10O2S. The molecule has 0 radical (unpaired) electrons. The molecule has 0 aromatic rings. The second-order valence-corrected chi connectivity index (χ2v) is 2.38. The van der Waals surface area contributed by atoms with Crippen LogP contribution in [0.5, 0.6) is 0 Å². The zero-order chi connectivity index (χ0) is 7.11. The van der Waals surface area contributed by atoms with Gasteiger partial charge in [0.25, 0.3) is 0 Å². The Kier molecular flexibility index (Phi) is 5.41. The van der Waals surface area contributed by atoms with Crippen LogP contribution in [-0.4, -0.2) is 16.8 Å². The summed E-state index contributed by atoms with van der Waals surface area (Å²) in [7, 11) is 0. The first-order valence-corrected chi connectivity index (χ1v) is 3.80. The Balaban J connectivity index is 3.09. The molecule has 0 aliphatic rings. The average molecular weight is 146 g/mol. The van der Waals surface area contributed by atoms with Crippen LogP contribution in [0.25, 0.3) is 0 Å². The summed E-state index contributed by atoms with van der Waals surface area (Å²) in [5.41, 5.74) is 0. The van der Waals surface area contributed by atoms with Crippen LogP contribution in [-0.2, 0) is 4.79 Å². The number of thioether (sulfide) groups is 1. The highest BCUT2D eigenvalue weighted by atomic mass is 32.2. The van der Waals surface area contributed by atoms with Gasteiger partial charge >= 0.3 is 5.97 Å². The maximum atomic E-state index is 9.91. The lowest BCUT2D eigenvalue weighted by Gasteiger charge is -1.85. The normalized spacial score (nSPS) is 10.3. The van der Waals surface area contributed by atoms with Crippen molar-refractivity contribution in [3.05, 3.63) is 11.5 Å². The summed E-state index contributed by atoms with van der Waals surface area (Å²) in [6, 6.07) is 0. The van der Waals surface area contributed by atoms with E-state index in [2.05, 4.69) is 0 Å². The van der Waals surface area contributed by atoms with Crippen molar-refractivity contribution in [2.45, 2.75) is 13.3 Å². The topological polar surface area (TPSA) is 37.3 Å². The van der Waals surface area contributed by atoms with Crippen LogP contribution in [0.4, 0.5) is 0 Å². The lowest BCUT2D eigenvalue weighted by Crippen LogP contribution is -1.95. The van der Waals surface area contributed by atoms with Gasteiger partial charge in [-0.2, -0.15) is 0 Å². The summed E-state index contributed by atoms with van der Waals surface area (Å²) in [5.74, 6) is -0.600. The molecule has 0 aromatic carbocycles. The Labute approximate surface area is 59.0 Å². The van der Waals surface area contributed by atoms with Crippen LogP contribution in [0.2, 0.25) is 0 Å². The van der Waals surface area contributed by atoms with Crippen molar-refractivity contribution in [1.82, 2.24) is 0 Å². The molecule has 0 aromatic heterocycles. The van der Waals surface area contributed by atoms with E-state index in [0.29, 0.717) is 0 Å². The monoisotopic (exact) mass is 146 g/mol. The maximum absolute atomic E-state index is 9.91. The van der Waals surface area contributed by atoms with Gasteiger partial charge < -0.3 is 5.11 Å². The highest BCUT2D eigenvalue weighted by molar-refractivity contribution is 8.02.